The van der Waals surface area contributed by atoms with Gasteiger partial charge in [0.1, 0.15) is 11.5 Å². The number of nitrogens with one attached hydrogen (secondary N) is 1. The van der Waals surface area contributed by atoms with Crippen molar-refractivity contribution in [2.24, 2.45) is 17.2 Å². The lowest BCUT2D eigenvalue weighted by atomic mass is 10.4. The molecule has 0 bridgehead atoms. The molecule has 0 radical (unpaired) electrons. The molecule has 0 heterocycles. The highest BCUT2D eigenvalue weighted by molar-refractivity contribution is 5.73. The van der Waals surface area contributed by atoms with Crippen LogP contribution in [0, 0.1) is 0 Å². The number of hydrogen-bond acceptors (Lipinski definition) is 5. The molecule has 0 fully saturated rings. The molecular formula is C5H12N4O. The summed E-state index contributed by atoms with van der Waals surface area (Å²) in [6.45, 7) is 0.927. The highest BCUT2D eigenvalue weighted by Gasteiger charge is 1.95. The minimum absolute atomic E-state index is 0.0107. The van der Waals surface area contributed by atoms with Gasteiger partial charge in [-0.25, -0.2) is 0 Å². The molecule has 0 unspecified atom stereocenters. The smallest absolute Gasteiger partial charge is 0.169 e. The third-order valence-electron chi connectivity index (χ3n) is 0.889. The summed E-state index contributed by atoms with van der Waals surface area (Å²) in [4.78, 5) is 10.1. The summed E-state index contributed by atoms with van der Waals surface area (Å²) in [6.07, 6.45) is 0.561. The molecule has 0 atom stereocenters. The van der Waals surface area contributed by atoms with Crippen LogP contribution in [-0.2, 0) is 4.79 Å². The summed E-state index contributed by atoms with van der Waals surface area (Å²) in [5.74, 6) is -0.0107. The molecule has 0 rings (SSSR count). The van der Waals surface area contributed by atoms with E-state index in [9.17, 15) is 4.79 Å². The average molecular weight is 144 g/mol. The second-order valence-corrected chi connectivity index (χ2v) is 1.70. The van der Waals surface area contributed by atoms with Crippen LogP contribution in [0.25, 0.3) is 0 Å². The van der Waals surface area contributed by atoms with Crippen LogP contribution in [0.4, 0.5) is 0 Å². The molecule has 0 aliphatic carbocycles. The van der Waals surface area contributed by atoms with Gasteiger partial charge in [0.15, 0.2) is 6.29 Å². The number of rotatable bonds is 4. The molecule has 0 aromatic heterocycles. The van der Waals surface area contributed by atoms with Gasteiger partial charge in [0.25, 0.3) is 0 Å². The Bertz CT molecular complexity index is 139. The van der Waals surface area contributed by atoms with Crippen LogP contribution in [0.5, 0.6) is 0 Å². The van der Waals surface area contributed by atoms with Crippen molar-refractivity contribution in [1.82, 2.24) is 5.32 Å². The fourth-order valence-electron chi connectivity index (χ4n) is 0.419. The summed E-state index contributed by atoms with van der Waals surface area (Å²) in [7, 11) is 0. The van der Waals surface area contributed by atoms with Gasteiger partial charge >= 0.3 is 0 Å². The van der Waals surface area contributed by atoms with Crippen LogP contribution in [0.1, 0.15) is 0 Å². The Labute approximate surface area is 59.2 Å². The average Bonchev–Trinajstić information content (AvgIpc) is 1.89. The first-order chi connectivity index (χ1) is 4.72. The van der Waals surface area contributed by atoms with E-state index in [-0.39, 0.29) is 11.5 Å². The number of carbonyl (C=O) groups is 1. The first kappa shape index (κ1) is 8.77. The molecule has 0 aliphatic heterocycles. The van der Waals surface area contributed by atoms with Crippen LogP contribution in [0.3, 0.4) is 0 Å². The van der Waals surface area contributed by atoms with Gasteiger partial charge in [0.05, 0.1) is 0 Å². The van der Waals surface area contributed by atoms with Gasteiger partial charge in [-0.1, -0.05) is 0 Å². The number of allylic oxidation sites excluding steroid dienone is 1. The van der Waals surface area contributed by atoms with Crippen molar-refractivity contribution in [3.05, 3.63) is 11.5 Å². The molecule has 0 saturated carbocycles. The van der Waals surface area contributed by atoms with Gasteiger partial charge in [-0.15, -0.1) is 0 Å². The summed E-state index contributed by atoms with van der Waals surface area (Å²) >= 11 is 0. The maximum atomic E-state index is 10.1. The zero-order chi connectivity index (χ0) is 7.98. The lowest BCUT2D eigenvalue weighted by Crippen LogP contribution is -2.27. The van der Waals surface area contributed by atoms with Crippen molar-refractivity contribution in [1.29, 1.82) is 0 Å². The van der Waals surface area contributed by atoms with E-state index in [2.05, 4.69) is 5.32 Å². The van der Waals surface area contributed by atoms with Gasteiger partial charge in [-0.05, 0) is 0 Å². The van der Waals surface area contributed by atoms with Gasteiger partial charge in [-0.3, -0.25) is 4.79 Å². The molecule has 0 aromatic carbocycles. The maximum absolute atomic E-state index is 10.1. The molecule has 0 aromatic rings. The molecule has 0 saturated heterocycles. The molecular weight excluding hydrogens is 132 g/mol. The minimum atomic E-state index is -0.0107. The number of carbonyl (C=O) groups excluding carboxylic acids is 1. The Morgan fingerprint density at radius 2 is 2.10 bits per heavy atom. The van der Waals surface area contributed by atoms with Crippen molar-refractivity contribution >= 4 is 6.29 Å². The van der Waals surface area contributed by atoms with Crippen molar-refractivity contribution < 1.29 is 4.79 Å². The highest BCUT2D eigenvalue weighted by atomic mass is 16.1. The van der Waals surface area contributed by atoms with Gasteiger partial charge in [-0.2, -0.15) is 0 Å². The highest BCUT2D eigenvalue weighted by Crippen LogP contribution is 1.80. The lowest BCUT2D eigenvalue weighted by Gasteiger charge is -2.03. The number of hydrogen-bond donors (Lipinski definition) is 4. The fraction of sp³-hybridized carbons (Fsp3) is 0.400. The Hall–Kier alpha value is -1.23. The standard InChI is InChI=1S/C5H12N4O/c6-1-2-9-4(3-10)5(7)8/h3,9H,1-2,6-8H2. The van der Waals surface area contributed by atoms with E-state index >= 15 is 0 Å². The van der Waals surface area contributed by atoms with Gasteiger partial charge in [0, 0.05) is 13.1 Å². The van der Waals surface area contributed by atoms with Crippen LogP contribution in [-0.4, -0.2) is 19.4 Å². The largest absolute Gasteiger partial charge is 0.384 e. The van der Waals surface area contributed by atoms with Crippen LogP contribution >= 0.6 is 0 Å². The first-order valence-electron chi connectivity index (χ1n) is 2.86. The van der Waals surface area contributed by atoms with E-state index in [0.29, 0.717) is 19.4 Å². The molecule has 5 heteroatoms. The molecule has 0 amide bonds. The minimum Gasteiger partial charge on any atom is -0.384 e. The van der Waals surface area contributed by atoms with E-state index < -0.39 is 0 Å². The van der Waals surface area contributed by atoms with E-state index in [4.69, 9.17) is 17.2 Å². The van der Waals surface area contributed by atoms with Crippen molar-refractivity contribution in [2.45, 2.75) is 0 Å². The number of nitrogens with two attached hydrogens (primary N) is 3. The van der Waals surface area contributed by atoms with E-state index in [1.165, 1.54) is 0 Å². The third kappa shape index (κ3) is 2.93. The summed E-state index contributed by atoms with van der Waals surface area (Å²) in [6, 6.07) is 0. The normalized spacial score (nSPS) is 8.50. The fourth-order valence-corrected chi connectivity index (χ4v) is 0.419. The van der Waals surface area contributed by atoms with Crippen molar-refractivity contribution in [2.75, 3.05) is 13.1 Å². The molecule has 58 valence electrons. The van der Waals surface area contributed by atoms with Crippen molar-refractivity contribution in [3.8, 4) is 0 Å². The molecule has 7 N–H and O–H groups in total. The predicted octanol–water partition coefficient (Wildman–Crippen LogP) is -2.18. The van der Waals surface area contributed by atoms with Gasteiger partial charge < -0.3 is 22.5 Å². The Morgan fingerprint density at radius 1 is 1.50 bits per heavy atom. The molecule has 5 nitrogen and oxygen atoms in total. The SMILES string of the molecule is NCCNC(C=O)=C(N)N. The van der Waals surface area contributed by atoms with Gasteiger partial charge in [0.2, 0.25) is 0 Å². The molecule has 10 heavy (non-hydrogen) atoms. The summed E-state index contributed by atoms with van der Waals surface area (Å²) < 4.78 is 0. The van der Waals surface area contributed by atoms with E-state index in [1.54, 1.807) is 0 Å². The van der Waals surface area contributed by atoms with Crippen LogP contribution < -0.4 is 22.5 Å². The third-order valence-corrected chi connectivity index (χ3v) is 0.889. The zero-order valence-electron chi connectivity index (χ0n) is 5.63. The molecule has 0 aliphatic rings. The lowest BCUT2D eigenvalue weighted by molar-refractivity contribution is -0.105. The van der Waals surface area contributed by atoms with E-state index in [0.717, 1.165) is 0 Å². The maximum Gasteiger partial charge on any atom is 0.169 e. The summed E-state index contributed by atoms with van der Waals surface area (Å²) in [5, 5.41) is 2.66. The Kier molecular flexibility index (Phi) is 4.06. The predicted molar refractivity (Wildman–Crippen MR) is 38.5 cm³/mol. The monoisotopic (exact) mass is 144 g/mol. The Morgan fingerprint density at radius 3 is 2.40 bits per heavy atom. The second-order valence-electron chi connectivity index (χ2n) is 1.70. The second kappa shape index (κ2) is 4.63. The summed E-state index contributed by atoms with van der Waals surface area (Å²) in [5.41, 5.74) is 15.6. The first-order valence-corrected chi connectivity index (χ1v) is 2.86. The molecule has 0 spiro atoms. The topological polar surface area (TPSA) is 107 Å². The quantitative estimate of drug-likeness (QED) is 0.265. The van der Waals surface area contributed by atoms with Crippen LogP contribution in [0.15, 0.2) is 11.5 Å². The van der Waals surface area contributed by atoms with Crippen molar-refractivity contribution in [3.63, 3.8) is 0 Å². The number of aldehydes is 1. The Balaban J connectivity index is 3.85. The van der Waals surface area contributed by atoms with Crippen LogP contribution in [0.2, 0.25) is 0 Å². The van der Waals surface area contributed by atoms with E-state index in [1.807, 2.05) is 0 Å². The zero-order valence-corrected chi connectivity index (χ0v) is 5.63.